The highest BCUT2D eigenvalue weighted by atomic mass is 32.2. The summed E-state index contributed by atoms with van der Waals surface area (Å²) in [6, 6.07) is 0.405. The maximum absolute atomic E-state index is 12.6. The van der Waals surface area contributed by atoms with Crippen molar-refractivity contribution in [1.82, 2.24) is 4.90 Å². The summed E-state index contributed by atoms with van der Waals surface area (Å²) in [5, 5.41) is 0.227. The van der Waals surface area contributed by atoms with E-state index in [4.69, 9.17) is 5.73 Å². The Morgan fingerprint density at radius 2 is 2.06 bits per heavy atom. The van der Waals surface area contributed by atoms with Gasteiger partial charge in [-0.3, -0.25) is 4.79 Å². The topological polar surface area (TPSA) is 46.3 Å². The van der Waals surface area contributed by atoms with Gasteiger partial charge in [0.05, 0.1) is 5.25 Å². The summed E-state index contributed by atoms with van der Waals surface area (Å²) in [5.41, 5.74) is 5.90. The van der Waals surface area contributed by atoms with Crippen LogP contribution in [0.3, 0.4) is 0 Å². The van der Waals surface area contributed by atoms with Crippen LogP contribution < -0.4 is 5.73 Å². The van der Waals surface area contributed by atoms with Crippen LogP contribution in [-0.2, 0) is 4.79 Å². The highest BCUT2D eigenvalue weighted by Gasteiger charge is 2.35. The molecule has 0 bridgehead atoms. The van der Waals surface area contributed by atoms with E-state index >= 15 is 0 Å². The Bertz CT molecular complexity index is 279. The first-order chi connectivity index (χ1) is 8.77. The Morgan fingerprint density at radius 3 is 2.67 bits per heavy atom. The third-order valence-electron chi connectivity index (χ3n) is 4.40. The van der Waals surface area contributed by atoms with Gasteiger partial charge in [-0.05, 0) is 50.8 Å². The van der Waals surface area contributed by atoms with Crippen LogP contribution in [0.5, 0.6) is 0 Å². The number of nitrogens with two attached hydrogens (primary N) is 1. The van der Waals surface area contributed by atoms with Crippen LogP contribution in [0.4, 0.5) is 0 Å². The Hall–Kier alpha value is -0.220. The first-order valence-corrected chi connectivity index (χ1v) is 8.45. The van der Waals surface area contributed by atoms with Crippen LogP contribution in [0.15, 0.2) is 0 Å². The van der Waals surface area contributed by atoms with Gasteiger partial charge in [-0.25, -0.2) is 0 Å². The molecule has 1 aliphatic carbocycles. The number of hydrogen-bond acceptors (Lipinski definition) is 3. The number of nitrogens with zero attached hydrogens (tertiary/aromatic N) is 1. The highest BCUT2D eigenvalue weighted by molar-refractivity contribution is 8.00. The van der Waals surface area contributed by atoms with Crippen molar-refractivity contribution in [3.8, 4) is 0 Å². The lowest BCUT2D eigenvalue weighted by molar-refractivity contribution is -0.134. The Labute approximate surface area is 115 Å². The van der Waals surface area contributed by atoms with E-state index in [2.05, 4.69) is 11.8 Å². The van der Waals surface area contributed by atoms with Crippen LogP contribution >= 0.6 is 11.8 Å². The molecule has 3 unspecified atom stereocenters. The van der Waals surface area contributed by atoms with Gasteiger partial charge >= 0.3 is 0 Å². The molecule has 0 aromatic carbocycles. The van der Waals surface area contributed by atoms with Crippen molar-refractivity contribution in [2.24, 2.45) is 11.7 Å². The summed E-state index contributed by atoms with van der Waals surface area (Å²) in [5.74, 6) is 2.05. The van der Waals surface area contributed by atoms with E-state index in [1.807, 2.05) is 11.8 Å². The summed E-state index contributed by atoms with van der Waals surface area (Å²) < 4.78 is 0. The number of rotatable bonds is 4. The van der Waals surface area contributed by atoms with Gasteiger partial charge < -0.3 is 10.6 Å². The monoisotopic (exact) mass is 270 g/mol. The fraction of sp³-hybridized carbons (Fsp3) is 0.929. The van der Waals surface area contributed by atoms with E-state index in [0.717, 1.165) is 31.7 Å². The molecule has 2 N–H and O–H groups in total. The van der Waals surface area contributed by atoms with Crippen LogP contribution in [0.1, 0.15) is 45.4 Å². The second-order valence-electron chi connectivity index (χ2n) is 5.47. The molecular formula is C14H26N2OS. The van der Waals surface area contributed by atoms with E-state index in [0.29, 0.717) is 17.9 Å². The number of amides is 1. The fourth-order valence-electron chi connectivity index (χ4n) is 3.38. The standard InChI is InChI=1S/C14H26N2OS/c1-2-16(14(17)13-8-5-9-18-13)12-7-4-3-6-11(12)10-15/h11-13H,2-10,15H2,1H3. The first kappa shape index (κ1) is 14.2. The predicted molar refractivity (Wildman–Crippen MR) is 77.7 cm³/mol. The molecule has 4 heteroatoms. The van der Waals surface area contributed by atoms with Gasteiger partial charge in [0.25, 0.3) is 0 Å². The quantitative estimate of drug-likeness (QED) is 0.852. The first-order valence-electron chi connectivity index (χ1n) is 7.40. The zero-order valence-corrected chi connectivity index (χ0v) is 12.3. The second-order valence-corrected chi connectivity index (χ2v) is 6.78. The predicted octanol–water partition coefficient (Wildman–Crippen LogP) is 2.25. The van der Waals surface area contributed by atoms with Gasteiger partial charge in [-0.2, -0.15) is 0 Å². The molecule has 1 saturated heterocycles. The Morgan fingerprint density at radius 1 is 1.28 bits per heavy atom. The van der Waals surface area contributed by atoms with E-state index in [1.165, 1.54) is 25.7 Å². The van der Waals surface area contributed by atoms with Gasteiger partial charge in [0.15, 0.2) is 0 Å². The average Bonchev–Trinajstić information content (AvgIpc) is 2.94. The summed E-state index contributed by atoms with van der Waals surface area (Å²) in [4.78, 5) is 14.7. The largest absolute Gasteiger partial charge is 0.339 e. The van der Waals surface area contributed by atoms with Gasteiger partial charge in [0, 0.05) is 12.6 Å². The molecule has 1 heterocycles. The van der Waals surface area contributed by atoms with Crippen molar-refractivity contribution in [2.45, 2.75) is 56.7 Å². The molecule has 0 spiro atoms. The van der Waals surface area contributed by atoms with Gasteiger partial charge in [-0.15, -0.1) is 11.8 Å². The number of thioether (sulfide) groups is 1. The third kappa shape index (κ3) is 3.02. The lowest BCUT2D eigenvalue weighted by atomic mass is 9.83. The van der Waals surface area contributed by atoms with Crippen molar-refractivity contribution < 1.29 is 4.79 Å². The molecule has 0 radical (unpaired) electrons. The van der Waals surface area contributed by atoms with Crippen molar-refractivity contribution in [2.75, 3.05) is 18.8 Å². The zero-order valence-electron chi connectivity index (χ0n) is 11.4. The van der Waals surface area contributed by atoms with Crippen molar-refractivity contribution in [1.29, 1.82) is 0 Å². The van der Waals surface area contributed by atoms with Crippen LogP contribution in [0.2, 0.25) is 0 Å². The number of carbonyl (C=O) groups is 1. The molecule has 1 amide bonds. The molecular weight excluding hydrogens is 244 g/mol. The SMILES string of the molecule is CCN(C(=O)C1CCCS1)C1CCCCC1CN. The van der Waals surface area contributed by atoms with Crippen molar-refractivity contribution in [3.63, 3.8) is 0 Å². The van der Waals surface area contributed by atoms with E-state index < -0.39 is 0 Å². The minimum atomic E-state index is 0.227. The minimum absolute atomic E-state index is 0.227. The van der Waals surface area contributed by atoms with E-state index in [1.54, 1.807) is 0 Å². The number of carbonyl (C=O) groups excluding carboxylic acids is 1. The van der Waals surface area contributed by atoms with Crippen LogP contribution in [0, 0.1) is 5.92 Å². The number of hydrogen-bond donors (Lipinski definition) is 1. The molecule has 0 aromatic rings. The lowest BCUT2D eigenvalue weighted by Gasteiger charge is -2.40. The molecule has 3 atom stereocenters. The second kappa shape index (κ2) is 6.80. The van der Waals surface area contributed by atoms with Gasteiger partial charge in [0.2, 0.25) is 5.91 Å². The van der Waals surface area contributed by atoms with E-state index in [9.17, 15) is 4.79 Å². The average molecular weight is 270 g/mol. The fourth-order valence-corrected chi connectivity index (χ4v) is 4.61. The molecule has 3 nitrogen and oxygen atoms in total. The molecule has 2 rings (SSSR count). The Kier molecular flexibility index (Phi) is 5.37. The molecule has 2 aliphatic rings. The van der Waals surface area contributed by atoms with E-state index in [-0.39, 0.29) is 5.25 Å². The smallest absolute Gasteiger partial charge is 0.235 e. The van der Waals surface area contributed by atoms with Crippen molar-refractivity contribution in [3.05, 3.63) is 0 Å². The van der Waals surface area contributed by atoms with Crippen LogP contribution in [-0.4, -0.2) is 40.9 Å². The normalized spacial score (nSPS) is 32.4. The maximum Gasteiger partial charge on any atom is 0.235 e. The highest BCUT2D eigenvalue weighted by Crippen LogP contribution is 2.32. The van der Waals surface area contributed by atoms with Gasteiger partial charge in [0.1, 0.15) is 0 Å². The van der Waals surface area contributed by atoms with Gasteiger partial charge in [-0.1, -0.05) is 12.8 Å². The van der Waals surface area contributed by atoms with Crippen LogP contribution in [0.25, 0.3) is 0 Å². The minimum Gasteiger partial charge on any atom is -0.339 e. The summed E-state index contributed by atoms with van der Waals surface area (Å²) in [6.45, 7) is 3.68. The molecule has 2 fully saturated rings. The third-order valence-corrected chi connectivity index (χ3v) is 5.77. The zero-order chi connectivity index (χ0) is 13.0. The van der Waals surface area contributed by atoms with Crippen molar-refractivity contribution >= 4 is 17.7 Å². The molecule has 18 heavy (non-hydrogen) atoms. The molecule has 104 valence electrons. The summed E-state index contributed by atoms with van der Waals surface area (Å²) in [6.07, 6.45) is 7.15. The molecule has 1 saturated carbocycles. The maximum atomic E-state index is 12.6. The molecule has 1 aliphatic heterocycles. The lowest BCUT2D eigenvalue weighted by Crippen LogP contribution is -2.50. The Balaban J connectivity index is 2.03. The molecule has 0 aromatic heterocycles. The summed E-state index contributed by atoms with van der Waals surface area (Å²) >= 11 is 1.84. The summed E-state index contributed by atoms with van der Waals surface area (Å²) in [7, 11) is 0.